The highest BCUT2D eigenvalue weighted by Crippen LogP contribution is 2.39. The summed E-state index contributed by atoms with van der Waals surface area (Å²) in [4.78, 5) is 19.1. The molecule has 0 saturated heterocycles. The number of benzene rings is 6. The molecule has 0 amide bonds. The first-order valence-electron chi connectivity index (χ1n) is 13.4. The summed E-state index contributed by atoms with van der Waals surface area (Å²) >= 11 is 0. The van der Waals surface area contributed by atoms with Gasteiger partial charge in [-0.3, -0.25) is 4.98 Å². The highest BCUT2D eigenvalue weighted by Gasteiger charge is 2.17. The molecule has 0 aliphatic rings. The van der Waals surface area contributed by atoms with E-state index in [4.69, 9.17) is 15.0 Å². The average molecular weight is 529 g/mol. The molecule has 41 heavy (non-hydrogen) atoms. The van der Waals surface area contributed by atoms with Crippen LogP contribution in [-0.4, -0.2) is 19.9 Å². The topological polar surface area (TPSA) is 51.6 Å². The maximum Gasteiger partial charge on any atom is 0.164 e. The SMILES string of the molecule is Fc1ccc(-c2nc(-c3cccc(-c4cccnc4)c3)nc(-c3ccc4ccc5cccc6ccc3c4c56)n2)cc1. The van der Waals surface area contributed by atoms with Crippen LogP contribution in [0.25, 0.3) is 77.6 Å². The second-order valence-corrected chi connectivity index (χ2v) is 10.1. The molecule has 0 saturated carbocycles. The molecule has 2 aromatic heterocycles. The molecule has 0 radical (unpaired) electrons. The van der Waals surface area contributed by atoms with Crippen LogP contribution in [0.15, 0.2) is 128 Å². The summed E-state index contributed by atoms with van der Waals surface area (Å²) in [5.41, 5.74) is 4.53. The van der Waals surface area contributed by atoms with Crippen LogP contribution in [-0.2, 0) is 0 Å². The lowest BCUT2D eigenvalue weighted by molar-refractivity contribution is 0.628. The molecule has 0 aliphatic carbocycles. The van der Waals surface area contributed by atoms with Crippen molar-refractivity contribution < 1.29 is 4.39 Å². The van der Waals surface area contributed by atoms with Crippen molar-refractivity contribution in [2.45, 2.75) is 0 Å². The van der Waals surface area contributed by atoms with Crippen molar-refractivity contribution >= 4 is 32.3 Å². The van der Waals surface area contributed by atoms with Crippen molar-refractivity contribution in [1.82, 2.24) is 19.9 Å². The van der Waals surface area contributed by atoms with Crippen molar-refractivity contribution in [1.29, 1.82) is 0 Å². The smallest absolute Gasteiger partial charge is 0.164 e. The average Bonchev–Trinajstić information content (AvgIpc) is 3.04. The first-order chi connectivity index (χ1) is 20.2. The van der Waals surface area contributed by atoms with E-state index in [-0.39, 0.29) is 5.82 Å². The molecule has 5 heteroatoms. The number of nitrogens with zero attached hydrogens (tertiary/aromatic N) is 4. The summed E-state index contributed by atoms with van der Waals surface area (Å²) in [6, 6.07) is 37.6. The van der Waals surface area contributed by atoms with E-state index in [9.17, 15) is 4.39 Å². The zero-order chi connectivity index (χ0) is 27.3. The van der Waals surface area contributed by atoms with Gasteiger partial charge in [0.15, 0.2) is 17.5 Å². The molecule has 6 aromatic carbocycles. The molecule has 0 N–H and O–H groups in total. The van der Waals surface area contributed by atoms with Gasteiger partial charge in [0.25, 0.3) is 0 Å². The van der Waals surface area contributed by atoms with Crippen molar-refractivity contribution in [3.8, 4) is 45.3 Å². The third-order valence-corrected chi connectivity index (χ3v) is 7.62. The summed E-state index contributed by atoms with van der Waals surface area (Å²) in [5.74, 6) is 1.30. The Kier molecular flexibility index (Phi) is 5.28. The first kappa shape index (κ1) is 23.3. The second kappa shape index (κ2) is 9.28. The number of rotatable bonds is 4. The molecular formula is C36H21FN4. The molecule has 4 nitrogen and oxygen atoms in total. The van der Waals surface area contributed by atoms with Gasteiger partial charge in [0.1, 0.15) is 5.82 Å². The van der Waals surface area contributed by atoms with Gasteiger partial charge in [0.2, 0.25) is 0 Å². The number of pyridine rings is 1. The van der Waals surface area contributed by atoms with Gasteiger partial charge in [0, 0.05) is 34.6 Å². The lowest BCUT2D eigenvalue weighted by atomic mass is 9.92. The fourth-order valence-electron chi connectivity index (χ4n) is 5.66. The lowest BCUT2D eigenvalue weighted by Crippen LogP contribution is -2.01. The molecule has 0 aliphatic heterocycles. The predicted octanol–water partition coefficient (Wildman–Crippen LogP) is 8.97. The van der Waals surface area contributed by atoms with E-state index < -0.39 is 0 Å². The zero-order valence-corrected chi connectivity index (χ0v) is 21.8. The number of halogens is 1. The molecule has 8 aromatic rings. The highest BCUT2D eigenvalue weighted by molar-refractivity contribution is 6.25. The van der Waals surface area contributed by atoms with Crippen molar-refractivity contribution in [3.63, 3.8) is 0 Å². The summed E-state index contributed by atoms with van der Waals surface area (Å²) in [6.07, 6.45) is 3.60. The van der Waals surface area contributed by atoms with Gasteiger partial charge in [-0.25, -0.2) is 19.3 Å². The largest absolute Gasteiger partial charge is 0.264 e. The summed E-state index contributed by atoms with van der Waals surface area (Å²) in [7, 11) is 0. The number of hydrogen-bond donors (Lipinski definition) is 0. The minimum absolute atomic E-state index is 0.306. The minimum atomic E-state index is -0.306. The molecule has 192 valence electrons. The maximum atomic E-state index is 13.8. The molecule has 2 heterocycles. The van der Waals surface area contributed by atoms with Gasteiger partial charge in [0.05, 0.1) is 0 Å². The quantitative estimate of drug-likeness (QED) is 0.214. The van der Waals surface area contributed by atoms with Crippen LogP contribution in [0, 0.1) is 5.82 Å². The van der Waals surface area contributed by atoms with E-state index in [1.54, 1.807) is 18.3 Å². The van der Waals surface area contributed by atoms with Gasteiger partial charge in [-0.2, -0.15) is 0 Å². The van der Waals surface area contributed by atoms with E-state index in [1.165, 1.54) is 39.1 Å². The van der Waals surface area contributed by atoms with E-state index >= 15 is 0 Å². The van der Waals surface area contributed by atoms with Crippen LogP contribution in [0.2, 0.25) is 0 Å². The van der Waals surface area contributed by atoms with E-state index in [1.807, 2.05) is 36.5 Å². The monoisotopic (exact) mass is 528 g/mol. The van der Waals surface area contributed by atoms with Crippen LogP contribution in [0.5, 0.6) is 0 Å². The van der Waals surface area contributed by atoms with Gasteiger partial charge < -0.3 is 0 Å². The Balaban J connectivity index is 1.38. The van der Waals surface area contributed by atoms with E-state index in [0.717, 1.165) is 33.2 Å². The molecule has 0 fully saturated rings. The Bertz CT molecular complexity index is 2190. The fourth-order valence-corrected chi connectivity index (χ4v) is 5.66. The Morgan fingerprint density at radius 2 is 1.10 bits per heavy atom. The molecule has 0 spiro atoms. The molecule has 0 atom stereocenters. The van der Waals surface area contributed by atoms with Crippen molar-refractivity contribution in [2.24, 2.45) is 0 Å². The molecule has 0 unspecified atom stereocenters. The predicted molar refractivity (Wildman–Crippen MR) is 163 cm³/mol. The fraction of sp³-hybridized carbons (Fsp3) is 0. The first-order valence-corrected chi connectivity index (χ1v) is 13.4. The summed E-state index contributed by atoms with van der Waals surface area (Å²) < 4.78 is 13.8. The van der Waals surface area contributed by atoms with Gasteiger partial charge in [-0.05, 0) is 80.3 Å². The minimum Gasteiger partial charge on any atom is -0.264 e. The Morgan fingerprint density at radius 3 is 1.88 bits per heavy atom. The zero-order valence-electron chi connectivity index (χ0n) is 21.8. The van der Waals surface area contributed by atoms with Crippen LogP contribution >= 0.6 is 0 Å². The number of aromatic nitrogens is 4. The third kappa shape index (κ3) is 3.98. The lowest BCUT2D eigenvalue weighted by Gasteiger charge is -2.14. The Morgan fingerprint density at radius 1 is 0.463 bits per heavy atom. The van der Waals surface area contributed by atoms with Gasteiger partial charge >= 0.3 is 0 Å². The summed E-state index contributed by atoms with van der Waals surface area (Å²) in [6.45, 7) is 0. The molecule has 0 bridgehead atoms. The molecule has 8 rings (SSSR count). The molecular weight excluding hydrogens is 507 g/mol. The summed E-state index contributed by atoms with van der Waals surface area (Å²) in [5, 5.41) is 7.09. The van der Waals surface area contributed by atoms with Crippen LogP contribution in [0.3, 0.4) is 0 Å². The normalized spacial score (nSPS) is 11.5. The van der Waals surface area contributed by atoms with Crippen LogP contribution in [0.4, 0.5) is 4.39 Å². The van der Waals surface area contributed by atoms with E-state index in [2.05, 4.69) is 65.6 Å². The van der Waals surface area contributed by atoms with Crippen LogP contribution < -0.4 is 0 Å². The Labute approximate surface area is 235 Å². The Hall–Kier alpha value is -5.55. The second-order valence-electron chi connectivity index (χ2n) is 10.1. The standard InChI is InChI=1S/C36H21FN4/c37-29-15-11-25(12-16-29)34-39-35(27-7-2-6-26(20-27)28-8-3-19-38-21-28)41-36(40-34)31-18-14-24-10-9-22-4-1-5-23-13-17-30(31)33(24)32(22)23/h1-21H. The van der Waals surface area contributed by atoms with Crippen LogP contribution in [0.1, 0.15) is 0 Å². The number of hydrogen-bond acceptors (Lipinski definition) is 4. The van der Waals surface area contributed by atoms with Crippen molar-refractivity contribution in [3.05, 3.63) is 133 Å². The third-order valence-electron chi connectivity index (χ3n) is 7.62. The van der Waals surface area contributed by atoms with E-state index in [0.29, 0.717) is 17.5 Å². The maximum absolute atomic E-state index is 13.8. The van der Waals surface area contributed by atoms with Gasteiger partial charge in [-0.1, -0.05) is 72.8 Å². The van der Waals surface area contributed by atoms with Gasteiger partial charge in [-0.15, -0.1) is 0 Å². The van der Waals surface area contributed by atoms with Crippen molar-refractivity contribution in [2.75, 3.05) is 0 Å². The highest BCUT2D eigenvalue weighted by atomic mass is 19.1.